The number of hydrogen-bond acceptors (Lipinski definition) is 9. The summed E-state index contributed by atoms with van der Waals surface area (Å²) >= 11 is 0. The maximum absolute atomic E-state index is 10.2. The smallest absolute Gasteiger partial charge is 0.167 e. The van der Waals surface area contributed by atoms with Crippen molar-refractivity contribution in [1.82, 2.24) is 19.5 Å². The van der Waals surface area contributed by atoms with Crippen LogP contribution in [-0.2, 0) is 9.47 Å². The van der Waals surface area contributed by atoms with E-state index in [-0.39, 0.29) is 0 Å². The largest absolute Gasteiger partial charge is 0.394 e. The second kappa shape index (κ2) is 7.64. The molecule has 1 saturated heterocycles. The van der Waals surface area contributed by atoms with E-state index in [1.807, 2.05) is 19.9 Å². The van der Waals surface area contributed by atoms with Gasteiger partial charge in [0.2, 0.25) is 0 Å². The number of aliphatic hydroxyl groups excluding tert-OH is 3. The van der Waals surface area contributed by atoms with E-state index < -0.39 is 37.4 Å². The molecule has 0 saturated carbocycles. The third kappa shape index (κ3) is 3.41. The Morgan fingerprint density at radius 1 is 1.35 bits per heavy atom. The molecule has 1 fully saturated rings. The van der Waals surface area contributed by atoms with Gasteiger partial charge in [-0.05, 0) is 19.9 Å². The molecule has 10 heteroatoms. The van der Waals surface area contributed by atoms with Gasteiger partial charge in [0.25, 0.3) is 0 Å². The van der Waals surface area contributed by atoms with Gasteiger partial charge in [0.05, 0.1) is 12.9 Å². The van der Waals surface area contributed by atoms with E-state index >= 15 is 0 Å². The zero-order valence-corrected chi connectivity index (χ0v) is 14.8. The van der Waals surface area contributed by atoms with Crippen molar-refractivity contribution in [2.45, 2.75) is 44.6 Å². The maximum atomic E-state index is 10.2. The van der Waals surface area contributed by atoms with Crippen molar-refractivity contribution in [3.05, 3.63) is 24.3 Å². The highest BCUT2D eigenvalue weighted by molar-refractivity contribution is 5.82. The zero-order valence-electron chi connectivity index (χ0n) is 14.8. The molecule has 4 N–H and O–H groups in total. The van der Waals surface area contributed by atoms with Crippen LogP contribution in [-0.4, -0.2) is 73.1 Å². The molecule has 1 unspecified atom stereocenters. The Morgan fingerprint density at radius 3 is 2.73 bits per heavy atom. The first-order chi connectivity index (χ1) is 12.5. The number of nitrogens with one attached hydrogen (secondary N) is 1. The van der Waals surface area contributed by atoms with Crippen molar-refractivity contribution in [2.75, 3.05) is 19.0 Å². The van der Waals surface area contributed by atoms with Crippen LogP contribution in [0.2, 0.25) is 0 Å². The third-order valence-corrected chi connectivity index (χ3v) is 4.17. The molecule has 0 bridgehead atoms. The molecule has 26 heavy (non-hydrogen) atoms. The fourth-order valence-electron chi connectivity index (χ4n) is 2.86. The van der Waals surface area contributed by atoms with Crippen molar-refractivity contribution in [3.8, 4) is 0 Å². The van der Waals surface area contributed by atoms with Crippen LogP contribution >= 0.6 is 0 Å². The molecule has 3 rings (SSSR count). The molecular weight excluding hydrogens is 342 g/mol. The van der Waals surface area contributed by atoms with Crippen LogP contribution in [0.15, 0.2) is 24.3 Å². The summed E-state index contributed by atoms with van der Waals surface area (Å²) in [6.45, 7) is 3.51. The Bertz CT molecular complexity index is 790. The number of imidazole rings is 1. The Kier molecular flexibility index (Phi) is 5.49. The molecule has 0 aliphatic carbocycles. The molecule has 0 radical (unpaired) electrons. The van der Waals surface area contributed by atoms with E-state index in [0.717, 1.165) is 5.57 Å². The van der Waals surface area contributed by atoms with Gasteiger partial charge in [-0.1, -0.05) is 5.57 Å². The van der Waals surface area contributed by atoms with Crippen LogP contribution < -0.4 is 5.32 Å². The lowest BCUT2D eigenvalue weighted by atomic mass is 10.1. The summed E-state index contributed by atoms with van der Waals surface area (Å²) in [6, 6.07) is 0. The summed E-state index contributed by atoms with van der Waals surface area (Å²) in [7, 11) is 1.58. The van der Waals surface area contributed by atoms with Gasteiger partial charge in [-0.15, -0.1) is 0 Å². The fourth-order valence-corrected chi connectivity index (χ4v) is 2.86. The highest BCUT2D eigenvalue weighted by Crippen LogP contribution is 2.32. The lowest BCUT2D eigenvalue weighted by Gasteiger charge is -2.17. The Morgan fingerprint density at radius 2 is 2.12 bits per heavy atom. The van der Waals surface area contributed by atoms with Crippen molar-refractivity contribution in [3.63, 3.8) is 0 Å². The van der Waals surface area contributed by atoms with Crippen molar-refractivity contribution in [2.24, 2.45) is 0 Å². The summed E-state index contributed by atoms with van der Waals surface area (Å²) in [5, 5.41) is 32.5. The average Bonchev–Trinajstić information content (AvgIpc) is 3.16. The third-order valence-electron chi connectivity index (χ3n) is 4.17. The van der Waals surface area contributed by atoms with E-state index in [4.69, 9.17) is 9.47 Å². The molecule has 1 aliphatic rings. The molecule has 10 nitrogen and oxygen atoms in total. The molecule has 2 aromatic rings. The number of ether oxygens (including phenoxy) is 2. The van der Waals surface area contributed by atoms with Crippen LogP contribution in [0.5, 0.6) is 0 Å². The Hall–Kier alpha value is -2.11. The fraction of sp³-hybridized carbons (Fsp3) is 0.562. The SMILES string of the molecule is COC(C=C(C)C)Nc1ncnc2c1ncn2[C@@H]1O[C@H](CO)[C@@H](O)[C@H]1O. The lowest BCUT2D eigenvalue weighted by molar-refractivity contribution is -0.0511. The number of fused-ring (bicyclic) bond motifs is 1. The number of aliphatic hydroxyl groups is 3. The molecule has 0 spiro atoms. The topological polar surface area (TPSA) is 135 Å². The van der Waals surface area contributed by atoms with E-state index in [1.54, 1.807) is 7.11 Å². The minimum absolute atomic E-state index is 0.392. The highest BCUT2D eigenvalue weighted by Gasteiger charge is 2.44. The van der Waals surface area contributed by atoms with Gasteiger partial charge in [0.15, 0.2) is 23.2 Å². The minimum Gasteiger partial charge on any atom is -0.394 e. The average molecular weight is 365 g/mol. The van der Waals surface area contributed by atoms with Crippen LogP contribution in [0.25, 0.3) is 11.2 Å². The molecule has 1 aliphatic heterocycles. The molecule has 2 aromatic heterocycles. The molecule has 5 atom stereocenters. The molecule has 0 amide bonds. The predicted molar refractivity (Wildman–Crippen MR) is 92.2 cm³/mol. The van der Waals surface area contributed by atoms with Gasteiger partial charge in [0.1, 0.15) is 30.9 Å². The number of anilines is 1. The zero-order chi connectivity index (χ0) is 18.8. The molecule has 3 heterocycles. The van der Waals surface area contributed by atoms with Crippen LogP contribution in [0.4, 0.5) is 5.82 Å². The van der Waals surface area contributed by atoms with Gasteiger partial charge in [-0.25, -0.2) is 15.0 Å². The lowest BCUT2D eigenvalue weighted by Crippen LogP contribution is -2.33. The summed E-state index contributed by atoms with van der Waals surface area (Å²) < 4.78 is 12.4. The quantitative estimate of drug-likeness (QED) is 0.405. The van der Waals surface area contributed by atoms with Crippen LogP contribution in [0.1, 0.15) is 20.1 Å². The normalized spacial score (nSPS) is 26.8. The monoisotopic (exact) mass is 365 g/mol. The van der Waals surface area contributed by atoms with Crippen molar-refractivity contribution < 1.29 is 24.8 Å². The van der Waals surface area contributed by atoms with Gasteiger partial charge in [0, 0.05) is 7.11 Å². The van der Waals surface area contributed by atoms with Gasteiger partial charge in [-0.2, -0.15) is 0 Å². The standard InChI is InChI=1S/C16H23N5O5/c1-8(2)4-10(25-3)20-14-11-15(18-6-17-14)21(7-19-11)16-13(24)12(23)9(5-22)26-16/h4,6-7,9-10,12-13,16,22-24H,5H2,1-3H3,(H,17,18,20)/t9-,10?,12-,13-,16-/m1/s1. The van der Waals surface area contributed by atoms with E-state index in [1.165, 1.54) is 17.2 Å². The second-order valence-electron chi connectivity index (χ2n) is 6.32. The van der Waals surface area contributed by atoms with E-state index in [2.05, 4.69) is 20.3 Å². The number of aromatic nitrogens is 4. The first kappa shape index (κ1) is 18.7. The Balaban J connectivity index is 1.93. The van der Waals surface area contributed by atoms with Crippen molar-refractivity contribution >= 4 is 17.0 Å². The maximum Gasteiger partial charge on any atom is 0.167 e. The van der Waals surface area contributed by atoms with Gasteiger partial charge in [-0.3, -0.25) is 4.57 Å². The van der Waals surface area contributed by atoms with E-state index in [0.29, 0.717) is 17.0 Å². The van der Waals surface area contributed by atoms with Crippen LogP contribution in [0, 0.1) is 0 Å². The molecular formula is C16H23N5O5. The predicted octanol–water partition coefficient (Wildman–Crippen LogP) is -0.212. The number of nitrogens with zero attached hydrogens (tertiary/aromatic N) is 4. The molecule has 142 valence electrons. The number of methoxy groups -OCH3 is 1. The first-order valence-electron chi connectivity index (χ1n) is 8.20. The number of allylic oxidation sites excluding steroid dienone is 1. The Labute approximate surface area is 150 Å². The number of rotatable bonds is 6. The highest BCUT2D eigenvalue weighted by atomic mass is 16.6. The molecule has 0 aromatic carbocycles. The summed E-state index contributed by atoms with van der Waals surface area (Å²) in [6.07, 6.45) is 0.125. The second-order valence-corrected chi connectivity index (χ2v) is 6.32. The first-order valence-corrected chi connectivity index (χ1v) is 8.20. The van der Waals surface area contributed by atoms with Gasteiger partial charge >= 0.3 is 0 Å². The summed E-state index contributed by atoms with van der Waals surface area (Å²) in [5.41, 5.74) is 1.96. The minimum atomic E-state index is -1.21. The number of hydrogen-bond donors (Lipinski definition) is 4. The van der Waals surface area contributed by atoms with Gasteiger partial charge < -0.3 is 30.1 Å². The summed E-state index contributed by atoms with van der Waals surface area (Å²) in [4.78, 5) is 12.7. The summed E-state index contributed by atoms with van der Waals surface area (Å²) in [5.74, 6) is 0.463. The van der Waals surface area contributed by atoms with E-state index in [9.17, 15) is 15.3 Å². The van der Waals surface area contributed by atoms with Crippen LogP contribution in [0.3, 0.4) is 0 Å². The van der Waals surface area contributed by atoms with Crippen molar-refractivity contribution in [1.29, 1.82) is 0 Å².